The van der Waals surface area contributed by atoms with Crippen LogP contribution in [0.15, 0.2) is 85.1 Å². The highest BCUT2D eigenvalue weighted by Crippen LogP contribution is 2.18. The van der Waals surface area contributed by atoms with Gasteiger partial charge in [0.25, 0.3) is 0 Å². The predicted octanol–water partition coefficient (Wildman–Crippen LogP) is 18.7. The van der Waals surface area contributed by atoms with Crippen molar-refractivity contribution in [2.45, 2.75) is 302 Å². The molecule has 6 nitrogen and oxygen atoms in total. The molecule has 0 spiro atoms. The molecule has 3 atom stereocenters. The van der Waals surface area contributed by atoms with Gasteiger partial charge in [0, 0.05) is 6.42 Å². The molecule has 0 fully saturated rings. The van der Waals surface area contributed by atoms with Crippen LogP contribution in [0, 0.1) is 0 Å². The van der Waals surface area contributed by atoms with Crippen molar-refractivity contribution in [3.63, 3.8) is 0 Å². The topological polar surface area (TPSA) is 95.9 Å². The molecule has 0 aliphatic carbocycles. The van der Waals surface area contributed by atoms with Gasteiger partial charge in [-0.1, -0.05) is 254 Å². The number of ether oxygens (including phenoxy) is 1. The highest BCUT2D eigenvalue weighted by atomic mass is 16.5. The maximum absolute atomic E-state index is 13.3. The van der Waals surface area contributed by atoms with Crippen molar-refractivity contribution in [3.05, 3.63) is 85.1 Å². The molecule has 70 heavy (non-hydrogen) atoms. The Morgan fingerprint density at radius 2 is 0.771 bits per heavy atom. The first kappa shape index (κ1) is 67.0. The molecule has 0 saturated carbocycles. The summed E-state index contributed by atoms with van der Waals surface area (Å²) in [5.41, 5.74) is 0. The van der Waals surface area contributed by atoms with Crippen LogP contribution in [0.5, 0.6) is 0 Å². The summed E-state index contributed by atoms with van der Waals surface area (Å²) in [5.74, 6) is -0.522. The van der Waals surface area contributed by atoms with Crippen LogP contribution in [-0.2, 0) is 14.3 Å². The number of aliphatic hydroxyl groups is 2. The van der Waals surface area contributed by atoms with Gasteiger partial charge >= 0.3 is 5.97 Å². The van der Waals surface area contributed by atoms with Gasteiger partial charge in [-0.2, -0.15) is 0 Å². The van der Waals surface area contributed by atoms with E-state index in [1.807, 2.05) is 0 Å². The van der Waals surface area contributed by atoms with Crippen LogP contribution in [0.2, 0.25) is 0 Å². The minimum atomic E-state index is -0.803. The van der Waals surface area contributed by atoms with Crippen LogP contribution in [0.3, 0.4) is 0 Å². The van der Waals surface area contributed by atoms with Crippen molar-refractivity contribution < 1.29 is 24.5 Å². The zero-order valence-electron chi connectivity index (χ0n) is 46.1. The molecule has 0 aromatic carbocycles. The fourth-order valence-electron chi connectivity index (χ4n) is 8.72. The van der Waals surface area contributed by atoms with Crippen LogP contribution in [0.25, 0.3) is 0 Å². The zero-order chi connectivity index (χ0) is 50.9. The van der Waals surface area contributed by atoms with Crippen molar-refractivity contribution >= 4 is 11.9 Å². The van der Waals surface area contributed by atoms with E-state index < -0.39 is 18.2 Å². The Kier molecular flexibility index (Phi) is 54.5. The predicted molar refractivity (Wildman–Crippen MR) is 305 cm³/mol. The maximum Gasteiger partial charge on any atom is 0.306 e. The van der Waals surface area contributed by atoms with Crippen LogP contribution in [0.1, 0.15) is 284 Å². The SMILES string of the molecule is CC/C=C\C/C=C\C/C=C\C/C=C\C/C=C\CCCCCC(=O)OC(CCCCCCC/C=C\C/C=C\CCCCC)CC(=O)NC(CO)C(O)CCCCCCCCCCCCCCCCCCC. The number of hydrogen-bond donors (Lipinski definition) is 3. The Balaban J connectivity index is 4.62. The Morgan fingerprint density at radius 3 is 1.20 bits per heavy atom. The van der Waals surface area contributed by atoms with E-state index in [0.717, 1.165) is 116 Å². The molecule has 1 amide bonds. The van der Waals surface area contributed by atoms with E-state index in [0.29, 0.717) is 19.3 Å². The van der Waals surface area contributed by atoms with Gasteiger partial charge in [0.05, 0.1) is 25.2 Å². The monoisotopic (exact) mass is 976 g/mol. The number of unbranched alkanes of at least 4 members (excludes halogenated alkanes) is 27. The van der Waals surface area contributed by atoms with Crippen molar-refractivity contribution in [1.82, 2.24) is 5.32 Å². The summed E-state index contributed by atoms with van der Waals surface area (Å²) in [6.07, 6.45) is 75.0. The summed E-state index contributed by atoms with van der Waals surface area (Å²) in [6, 6.07) is -0.719. The molecule has 3 unspecified atom stereocenters. The molecule has 0 saturated heterocycles. The van der Waals surface area contributed by atoms with E-state index in [2.05, 4.69) is 111 Å². The Labute approximate surface area is 433 Å². The maximum atomic E-state index is 13.3. The number of aliphatic hydroxyl groups excluding tert-OH is 2. The number of allylic oxidation sites excluding steroid dienone is 14. The molecule has 0 aromatic heterocycles. The first-order valence-corrected chi connectivity index (χ1v) is 29.8. The first-order chi connectivity index (χ1) is 34.5. The largest absolute Gasteiger partial charge is 0.462 e. The van der Waals surface area contributed by atoms with Crippen molar-refractivity contribution in [1.29, 1.82) is 0 Å². The number of esters is 1. The Hall–Kier alpha value is -2.96. The Bertz CT molecular complexity index is 1330. The highest BCUT2D eigenvalue weighted by Gasteiger charge is 2.24. The lowest BCUT2D eigenvalue weighted by Gasteiger charge is -2.24. The molecule has 0 rings (SSSR count). The fraction of sp³-hybridized carbons (Fsp3) is 0.750. The van der Waals surface area contributed by atoms with Crippen LogP contribution >= 0.6 is 0 Å². The summed E-state index contributed by atoms with van der Waals surface area (Å²) in [4.78, 5) is 26.3. The quantitative estimate of drug-likeness (QED) is 0.0321. The molecule has 0 bridgehead atoms. The van der Waals surface area contributed by atoms with Gasteiger partial charge in [-0.3, -0.25) is 9.59 Å². The molecule has 0 aliphatic heterocycles. The van der Waals surface area contributed by atoms with E-state index >= 15 is 0 Å². The van der Waals surface area contributed by atoms with E-state index in [1.54, 1.807) is 0 Å². The Morgan fingerprint density at radius 1 is 0.429 bits per heavy atom. The average molecular weight is 977 g/mol. The van der Waals surface area contributed by atoms with Crippen LogP contribution < -0.4 is 5.32 Å². The minimum absolute atomic E-state index is 0.0516. The molecule has 3 N–H and O–H groups in total. The minimum Gasteiger partial charge on any atom is -0.462 e. The average Bonchev–Trinajstić information content (AvgIpc) is 3.35. The van der Waals surface area contributed by atoms with Gasteiger partial charge in [-0.25, -0.2) is 0 Å². The molecular weight excluding hydrogens is 863 g/mol. The third-order valence-electron chi connectivity index (χ3n) is 13.2. The van der Waals surface area contributed by atoms with Crippen LogP contribution in [-0.4, -0.2) is 46.9 Å². The molecule has 0 radical (unpaired) electrons. The zero-order valence-corrected chi connectivity index (χ0v) is 46.1. The molecule has 0 aliphatic rings. The van der Waals surface area contributed by atoms with Gasteiger partial charge in [-0.05, 0) is 103 Å². The summed E-state index contributed by atoms with van der Waals surface area (Å²) < 4.78 is 5.95. The van der Waals surface area contributed by atoms with E-state index in [-0.39, 0.29) is 24.9 Å². The standard InChI is InChI=1S/C64H113NO5/c1-4-7-10-13-16-19-22-25-28-30-31-33-36-39-42-45-48-51-54-57-64(69)70-60(55-52-49-46-43-40-37-34-27-24-21-18-15-12-9-6-3)58-63(68)65-61(59-66)62(67)56-53-50-47-44-41-38-35-32-29-26-23-20-17-14-11-8-5-2/h7,10,16,18-19,21,25,27-28,31,33-34,39,42,60-62,66-67H,4-6,8-9,11-15,17,20,22-24,26,29-30,32,35-38,40-41,43-59H2,1-3H3,(H,65,68)/b10-7-,19-16-,21-18-,28-25-,33-31-,34-27-,42-39-. The second kappa shape index (κ2) is 56.9. The van der Waals surface area contributed by atoms with E-state index in [1.165, 1.54) is 122 Å². The normalized spacial score (nSPS) is 13.7. The number of carbonyl (C=O) groups excluding carboxylic acids is 2. The number of amides is 1. The van der Waals surface area contributed by atoms with Gasteiger partial charge in [0.2, 0.25) is 5.91 Å². The van der Waals surface area contributed by atoms with Crippen molar-refractivity contribution in [3.8, 4) is 0 Å². The van der Waals surface area contributed by atoms with Crippen LogP contribution in [0.4, 0.5) is 0 Å². The second-order valence-electron chi connectivity index (χ2n) is 20.0. The highest BCUT2D eigenvalue weighted by molar-refractivity contribution is 5.77. The first-order valence-electron chi connectivity index (χ1n) is 29.8. The van der Waals surface area contributed by atoms with E-state index in [4.69, 9.17) is 4.74 Å². The summed E-state index contributed by atoms with van der Waals surface area (Å²) in [7, 11) is 0. The molecule has 0 heterocycles. The third kappa shape index (κ3) is 51.4. The number of carbonyl (C=O) groups is 2. The number of rotatable bonds is 53. The lowest BCUT2D eigenvalue weighted by molar-refractivity contribution is -0.151. The lowest BCUT2D eigenvalue weighted by atomic mass is 10.0. The second-order valence-corrected chi connectivity index (χ2v) is 20.0. The van der Waals surface area contributed by atoms with Gasteiger partial charge in [-0.15, -0.1) is 0 Å². The summed E-state index contributed by atoms with van der Waals surface area (Å²) in [6.45, 7) is 6.36. The lowest BCUT2D eigenvalue weighted by Crippen LogP contribution is -2.46. The molecule has 0 aromatic rings. The smallest absolute Gasteiger partial charge is 0.306 e. The number of nitrogens with one attached hydrogen (secondary N) is 1. The molecule has 6 heteroatoms. The van der Waals surface area contributed by atoms with Crippen molar-refractivity contribution in [2.24, 2.45) is 0 Å². The van der Waals surface area contributed by atoms with E-state index in [9.17, 15) is 19.8 Å². The van der Waals surface area contributed by atoms with Gasteiger partial charge in [0.15, 0.2) is 0 Å². The number of hydrogen-bond acceptors (Lipinski definition) is 5. The summed E-state index contributed by atoms with van der Waals surface area (Å²) in [5, 5.41) is 23.9. The van der Waals surface area contributed by atoms with Crippen molar-refractivity contribution in [2.75, 3.05) is 6.61 Å². The fourth-order valence-corrected chi connectivity index (χ4v) is 8.72. The third-order valence-corrected chi connectivity index (χ3v) is 13.2. The molecule has 404 valence electrons. The van der Waals surface area contributed by atoms with Gasteiger partial charge < -0.3 is 20.3 Å². The molecular formula is C64H113NO5. The van der Waals surface area contributed by atoms with Gasteiger partial charge in [0.1, 0.15) is 6.10 Å². The summed E-state index contributed by atoms with van der Waals surface area (Å²) >= 11 is 0.